The van der Waals surface area contributed by atoms with Crippen LogP contribution in [0.4, 0.5) is 15.9 Å². The summed E-state index contributed by atoms with van der Waals surface area (Å²) in [4.78, 5) is 4.20. The van der Waals surface area contributed by atoms with Gasteiger partial charge in [-0.3, -0.25) is 0 Å². The molecule has 3 nitrogen and oxygen atoms in total. The van der Waals surface area contributed by atoms with Crippen molar-refractivity contribution in [2.75, 3.05) is 12.4 Å². The van der Waals surface area contributed by atoms with E-state index in [1.807, 2.05) is 13.0 Å². The van der Waals surface area contributed by atoms with Gasteiger partial charge < -0.3 is 10.1 Å². The zero-order valence-electron chi connectivity index (χ0n) is 10.00. The van der Waals surface area contributed by atoms with Crippen LogP contribution in [0.1, 0.15) is 5.56 Å². The molecule has 0 aliphatic rings. The molecule has 2 rings (SSSR count). The summed E-state index contributed by atoms with van der Waals surface area (Å²) in [6.45, 7) is 1.90. The highest BCUT2D eigenvalue weighted by Crippen LogP contribution is 2.26. The van der Waals surface area contributed by atoms with Gasteiger partial charge in [0.1, 0.15) is 17.4 Å². The second-order valence-electron chi connectivity index (χ2n) is 3.79. The Bertz CT molecular complexity index is 575. The maximum Gasteiger partial charge on any atom is 0.146 e. The van der Waals surface area contributed by atoms with Gasteiger partial charge in [-0.05, 0) is 46.6 Å². The van der Waals surface area contributed by atoms with Crippen LogP contribution in [-0.2, 0) is 0 Å². The molecule has 18 heavy (non-hydrogen) atoms. The Labute approximate surface area is 113 Å². The minimum atomic E-state index is -0.347. The molecule has 0 saturated heterocycles. The molecule has 1 aromatic carbocycles. The second-order valence-corrected chi connectivity index (χ2v) is 4.71. The molecule has 0 amide bonds. The highest BCUT2D eigenvalue weighted by Gasteiger charge is 2.07. The highest BCUT2D eigenvalue weighted by molar-refractivity contribution is 9.10. The van der Waals surface area contributed by atoms with E-state index in [4.69, 9.17) is 4.74 Å². The van der Waals surface area contributed by atoms with E-state index in [1.165, 1.54) is 6.07 Å². The van der Waals surface area contributed by atoms with E-state index in [2.05, 4.69) is 26.2 Å². The average molecular weight is 311 g/mol. The Balaban J connectivity index is 2.33. The largest absolute Gasteiger partial charge is 0.497 e. The Morgan fingerprint density at radius 3 is 2.78 bits per heavy atom. The third kappa shape index (κ3) is 2.79. The zero-order chi connectivity index (χ0) is 13.1. The summed E-state index contributed by atoms with van der Waals surface area (Å²) in [7, 11) is 1.54. The van der Waals surface area contributed by atoms with Gasteiger partial charge in [0.05, 0.1) is 12.8 Å². The van der Waals surface area contributed by atoms with E-state index in [-0.39, 0.29) is 5.82 Å². The molecule has 2 aromatic rings. The smallest absolute Gasteiger partial charge is 0.146 e. The number of hydrogen-bond donors (Lipinski definition) is 1. The predicted octanol–water partition coefficient (Wildman–Crippen LogP) is 4.04. The number of nitrogens with zero attached hydrogens (tertiary/aromatic N) is 1. The van der Waals surface area contributed by atoms with Gasteiger partial charge in [0, 0.05) is 16.7 Å². The first kappa shape index (κ1) is 12.8. The minimum absolute atomic E-state index is 0.340. The lowest BCUT2D eigenvalue weighted by atomic mass is 10.2. The van der Waals surface area contributed by atoms with Crippen LogP contribution < -0.4 is 10.1 Å². The first-order chi connectivity index (χ1) is 8.60. The molecule has 94 valence electrons. The van der Waals surface area contributed by atoms with Gasteiger partial charge in [-0.25, -0.2) is 9.37 Å². The normalized spacial score (nSPS) is 10.2. The van der Waals surface area contributed by atoms with Crippen LogP contribution in [0.25, 0.3) is 0 Å². The number of methoxy groups -OCH3 is 1. The Morgan fingerprint density at radius 2 is 2.11 bits per heavy atom. The lowest BCUT2D eigenvalue weighted by molar-refractivity contribution is 0.414. The molecule has 0 bridgehead atoms. The SMILES string of the molecule is COc1ccc(F)c(Nc2ncc(Br)cc2C)c1. The summed E-state index contributed by atoms with van der Waals surface area (Å²) < 4.78 is 19.6. The second kappa shape index (κ2) is 5.35. The maximum absolute atomic E-state index is 13.6. The fourth-order valence-corrected chi connectivity index (χ4v) is 1.97. The Hall–Kier alpha value is -1.62. The van der Waals surface area contributed by atoms with E-state index in [1.54, 1.807) is 25.4 Å². The molecule has 0 atom stereocenters. The van der Waals surface area contributed by atoms with Crippen molar-refractivity contribution in [2.24, 2.45) is 0 Å². The third-order valence-corrected chi connectivity index (χ3v) is 2.91. The summed E-state index contributed by atoms with van der Waals surface area (Å²) in [5, 5.41) is 2.96. The van der Waals surface area contributed by atoms with Gasteiger partial charge in [0.15, 0.2) is 0 Å². The first-order valence-electron chi connectivity index (χ1n) is 5.33. The summed E-state index contributed by atoms with van der Waals surface area (Å²) in [6, 6.07) is 6.43. The standard InChI is InChI=1S/C13H12BrFN2O/c1-8-5-9(14)7-16-13(8)17-12-6-10(18-2)3-4-11(12)15/h3-7H,1-2H3,(H,16,17). The van der Waals surface area contributed by atoms with Gasteiger partial charge in [0.2, 0.25) is 0 Å². The van der Waals surface area contributed by atoms with Crippen LogP contribution in [0.5, 0.6) is 5.75 Å². The van der Waals surface area contributed by atoms with Crippen molar-refractivity contribution in [1.82, 2.24) is 4.98 Å². The first-order valence-corrected chi connectivity index (χ1v) is 6.12. The molecule has 0 radical (unpaired) electrons. The fourth-order valence-electron chi connectivity index (χ4n) is 1.53. The predicted molar refractivity (Wildman–Crippen MR) is 72.9 cm³/mol. The van der Waals surface area contributed by atoms with Gasteiger partial charge in [-0.2, -0.15) is 0 Å². The van der Waals surface area contributed by atoms with Crippen LogP contribution in [0.2, 0.25) is 0 Å². The molecule has 1 heterocycles. The van der Waals surface area contributed by atoms with Crippen molar-refractivity contribution in [3.8, 4) is 5.75 Å². The van der Waals surface area contributed by atoms with E-state index < -0.39 is 0 Å². The molecule has 0 saturated carbocycles. The number of anilines is 2. The quantitative estimate of drug-likeness (QED) is 0.929. The Kier molecular flexibility index (Phi) is 3.81. The van der Waals surface area contributed by atoms with Crippen molar-refractivity contribution in [1.29, 1.82) is 0 Å². The topological polar surface area (TPSA) is 34.1 Å². The average Bonchev–Trinajstić information content (AvgIpc) is 2.35. The number of aromatic nitrogens is 1. The fraction of sp³-hybridized carbons (Fsp3) is 0.154. The molecule has 0 fully saturated rings. The number of aryl methyl sites for hydroxylation is 1. The van der Waals surface area contributed by atoms with Crippen molar-refractivity contribution in [2.45, 2.75) is 6.92 Å². The number of pyridine rings is 1. The summed E-state index contributed by atoms with van der Waals surface area (Å²) >= 11 is 3.33. The van der Waals surface area contributed by atoms with Crippen molar-refractivity contribution < 1.29 is 9.13 Å². The summed E-state index contributed by atoms with van der Waals surface area (Å²) in [5.41, 5.74) is 1.26. The van der Waals surface area contributed by atoms with Crippen molar-refractivity contribution in [3.63, 3.8) is 0 Å². The lowest BCUT2D eigenvalue weighted by Crippen LogP contribution is -1.99. The molecule has 5 heteroatoms. The molecular weight excluding hydrogens is 299 g/mol. The van der Waals surface area contributed by atoms with Crippen molar-refractivity contribution in [3.05, 3.63) is 46.3 Å². The van der Waals surface area contributed by atoms with Crippen LogP contribution >= 0.6 is 15.9 Å². The molecular formula is C13H12BrFN2O. The number of benzene rings is 1. The number of halogens is 2. The summed E-state index contributed by atoms with van der Waals surface area (Å²) in [6.07, 6.45) is 1.66. The molecule has 0 aliphatic heterocycles. The number of ether oxygens (including phenoxy) is 1. The molecule has 1 N–H and O–H groups in total. The number of rotatable bonds is 3. The van der Waals surface area contributed by atoms with Crippen LogP contribution in [0.15, 0.2) is 34.9 Å². The number of nitrogens with one attached hydrogen (secondary N) is 1. The summed E-state index contributed by atoms with van der Waals surface area (Å²) in [5.74, 6) is 0.860. The van der Waals surface area contributed by atoms with Crippen LogP contribution in [0.3, 0.4) is 0 Å². The minimum Gasteiger partial charge on any atom is -0.497 e. The van der Waals surface area contributed by atoms with E-state index in [0.717, 1.165) is 10.0 Å². The third-order valence-electron chi connectivity index (χ3n) is 2.47. The molecule has 0 unspecified atom stereocenters. The van der Waals surface area contributed by atoms with Gasteiger partial charge >= 0.3 is 0 Å². The molecule has 1 aromatic heterocycles. The lowest BCUT2D eigenvalue weighted by Gasteiger charge is -2.10. The number of hydrogen-bond acceptors (Lipinski definition) is 3. The van der Waals surface area contributed by atoms with Gasteiger partial charge in [-0.15, -0.1) is 0 Å². The van der Waals surface area contributed by atoms with Gasteiger partial charge in [-0.1, -0.05) is 0 Å². The van der Waals surface area contributed by atoms with Crippen molar-refractivity contribution >= 4 is 27.4 Å². The van der Waals surface area contributed by atoms with Crippen LogP contribution in [0, 0.1) is 12.7 Å². The highest BCUT2D eigenvalue weighted by atomic mass is 79.9. The van der Waals surface area contributed by atoms with E-state index in [0.29, 0.717) is 17.3 Å². The van der Waals surface area contributed by atoms with Crippen LogP contribution in [-0.4, -0.2) is 12.1 Å². The van der Waals surface area contributed by atoms with E-state index in [9.17, 15) is 4.39 Å². The zero-order valence-corrected chi connectivity index (χ0v) is 11.6. The molecule has 0 aliphatic carbocycles. The van der Waals surface area contributed by atoms with Gasteiger partial charge in [0.25, 0.3) is 0 Å². The maximum atomic E-state index is 13.6. The monoisotopic (exact) mass is 310 g/mol. The Morgan fingerprint density at radius 1 is 1.33 bits per heavy atom. The van der Waals surface area contributed by atoms with E-state index >= 15 is 0 Å². The molecule has 0 spiro atoms.